The number of methoxy groups -OCH3 is 1. The van der Waals surface area contributed by atoms with Crippen LogP contribution in [0.1, 0.15) is 19.0 Å². The van der Waals surface area contributed by atoms with Crippen molar-refractivity contribution in [2.45, 2.75) is 26.4 Å². The number of hydrogen-bond donors (Lipinski definition) is 1. The zero-order valence-corrected chi connectivity index (χ0v) is 10.9. The van der Waals surface area contributed by atoms with Gasteiger partial charge in [0.25, 0.3) is 0 Å². The maximum absolute atomic E-state index is 5.38. The predicted molar refractivity (Wildman–Crippen MR) is 69.1 cm³/mol. The Labute approximate surface area is 104 Å². The second-order valence-electron chi connectivity index (χ2n) is 3.97. The van der Waals surface area contributed by atoms with Crippen molar-refractivity contribution in [2.75, 3.05) is 33.5 Å². The largest absolute Gasteiger partial charge is 0.382 e. The lowest BCUT2D eigenvalue weighted by Gasteiger charge is -2.09. The SMILES string of the molecule is CCCn1cccc1CNCCOCCOC. The lowest BCUT2D eigenvalue weighted by Crippen LogP contribution is -2.21. The van der Waals surface area contributed by atoms with Crippen molar-refractivity contribution in [2.24, 2.45) is 0 Å². The molecule has 0 aromatic carbocycles. The summed E-state index contributed by atoms with van der Waals surface area (Å²) >= 11 is 0. The van der Waals surface area contributed by atoms with Gasteiger partial charge in [0, 0.05) is 38.6 Å². The average molecular weight is 240 g/mol. The van der Waals surface area contributed by atoms with Gasteiger partial charge in [0.1, 0.15) is 0 Å². The molecule has 1 rings (SSSR count). The molecule has 0 bridgehead atoms. The molecule has 1 N–H and O–H groups in total. The first-order chi connectivity index (χ1) is 8.38. The molecule has 1 heterocycles. The van der Waals surface area contributed by atoms with Gasteiger partial charge in [0.15, 0.2) is 0 Å². The third kappa shape index (κ3) is 5.86. The van der Waals surface area contributed by atoms with Gasteiger partial charge < -0.3 is 19.4 Å². The van der Waals surface area contributed by atoms with E-state index in [4.69, 9.17) is 9.47 Å². The molecule has 4 nitrogen and oxygen atoms in total. The first-order valence-electron chi connectivity index (χ1n) is 6.30. The second kappa shape index (κ2) is 9.22. The number of rotatable bonds is 10. The molecule has 4 heteroatoms. The Balaban J connectivity index is 2.07. The van der Waals surface area contributed by atoms with Crippen molar-refractivity contribution < 1.29 is 9.47 Å². The van der Waals surface area contributed by atoms with Gasteiger partial charge in [-0.05, 0) is 18.6 Å². The van der Waals surface area contributed by atoms with Gasteiger partial charge in [-0.2, -0.15) is 0 Å². The van der Waals surface area contributed by atoms with E-state index in [0.29, 0.717) is 13.2 Å². The topological polar surface area (TPSA) is 35.4 Å². The van der Waals surface area contributed by atoms with Gasteiger partial charge in [0.2, 0.25) is 0 Å². The van der Waals surface area contributed by atoms with Crippen LogP contribution in [0.4, 0.5) is 0 Å². The van der Waals surface area contributed by atoms with Gasteiger partial charge in [-0.1, -0.05) is 6.92 Å². The molecule has 0 unspecified atom stereocenters. The molecule has 0 saturated heterocycles. The summed E-state index contributed by atoms with van der Waals surface area (Å²) in [5, 5.41) is 3.38. The van der Waals surface area contributed by atoms with Crippen LogP contribution in [0.25, 0.3) is 0 Å². The van der Waals surface area contributed by atoms with E-state index >= 15 is 0 Å². The van der Waals surface area contributed by atoms with Crippen LogP contribution in [-0.4, -0.2) is 38.0 Å². The number of nitrogens with zero attached hydrogens (tertiary/aromatic N) is 1. The maximum Gasteiger partial charge on any atom is 0.0700 e. The zero-order valence-electron chi connectivity index (χ0n) is 10.9. The van der Waals surface area contributed by atoms with Crippen molar-refractivity contribution in [1.82, 2.24) is 9.88 Å². The van der Waals surface area contributed by atoms with Crippen molar-refractivity contribution in [1.29, 1.82) is 0 Å². The Bertz CT molecular complexity index is 287. The van der Waals surface area contributed by atoms with Gasteiger partial charge in [-0.15, -0.1) is 0 Å². The highest BCUT2D eigenvalue weighted by atomic mass is 16.5. The molecule has 0 aliphatic heterocycles. The van der Waals surface area contributed by atoms with E-state index < -0.39 is 0 Å². The Morgan fingerprint density at radius 2 is 2.18 bits per heavy atom. The second-order valence-corrected chi connectivity index (χ2v) is 3.97. The highest BCUT2D eigenvalue weighted by Gasteiger charge is 1.98. The van der Waals surface area contributed by atoms with Crippen molar-refractivity contribution in [3.05, 3.63) is 24.0 Å². The standard InChI is InChI=1S/C13H24N2O2/c1-3-7-15-8-4-5-13(15)12-14-6-9-17-11-10-16-2/h4-5,8,14H,3,6-7,9-12H2,1-2H3. The number of ether oxygens (including phenoxy) is 2. The first kappa shape index (κ1) is 14.2. The van der Waals surface area contributed by atoms with E-state index in [1.165, 1.54) is 12.1 Å². The monoisotopic (exact) mass is 240 g/mol. The van der Waals surface area contributed by atoms with E-state index in [2.05, 4.69) is 35.1 Å². The molecule has 17 heavy (non-hydrogen) atoms. The molecule has 0 aliphatic carbocycles. The van der Waals surface area contributed by atoms with Crippen LogP contribution in [0.3, 0.4) is 0 Å². The van der Waals surface area contributed by atoms with Gasteiger partial charge in [-0.25, -0.2) is 0 Å². The number of nitrogens with one attached hydrogen (secondary N) is 1. The fourth-order valence-corrected chi connectivity index (χ4v) is 1.67. The molecule has 98 valence electrons. The highest BCUT2D eigenvalue weighted by molar-refractivity contribution is 5.06. The van der Waals surface area contributed by atoms with Crippen molar-refractivity contribution >= 4 is 0 Å². The summed E-state index contributed by atoms with van der Waals surface area (Å²) in [5.41, 5.74) is 1.34. The minimum Gasteiger partial charge on any atom is -0.382 e. The fraction of sp³-hybridized carbons (Fsp3) is 0.692. The molecule has 0 aliphatic rings. The molecule has 0 saturated carbocycles. The van der Waals surface area contributed by atoms with Gasteiger partial charge in [0.05, 0.1) is 19.8 Å². The molecule has 1 aromatic rings. The molecule has 0 spiro atoms. The summed E-state index contributed by atoms with van der Waals surface area (Å²) in [6.45, 7) is 7.14. The average Bonchev–Trinajstić information content (AvgIpc) is 2.76. The number of aromatic nitrogens is 1. The molecule has 0 atom stereocenters. The Kier molecular flexibility index (Phi) is 7.71. The third-order valence-corrected chi connectivity index (χ3v) is 2.55. The molecular formula is C13H24N2O2. The zero-order chi connectivity index (χ0) is 12.3. The predicted octanol–water partition coefficient (Wildman–Crippen LogP) is 1.65. The summed E-state index contributed by atoms with van der Waals surface area (Å²) in [7, 11) is 1.68. The van der Waals surface area contributed by atoms with Crippen LogP contribution < -0.4 is 5.32 Å². The van der Waals surface area contributed by atoms with Gasteiger partial charge >= 0.3 is 0 Å². The number of hydrogen-bond acceptors (Lipinski definition) is 3. The quantitative estimate of drug-likeness (QED) is 0.632. The lowest BCUT2D eigenvalue weighted by molar-refractivity contribution is 0.0718. The summed E-state index contributed by atoms with van der Waals surface area (Å²) < 4.78 is 12.6. The van der Waals surface area contributed by atoms with Crippen molar-refractivity contribution in [3.63, 3.8) is 0 Å². The lowest BCUT2D eigenvalue weighted by atomic mass is 10.4. The first-order valence-corrected chi connectivity index (χ1v) is 6.30. The van der Waals surface area contributed by atoms with Gasteiger partial charge in [-0.3, -0.25) is 0 Å². The maximum atomic E-state index is 5.38. The Hall–Kier alpha value is -0.840. The van der Waals surface area contributed by atoms with Crippen LogP contribution in [0, 0.1) is 0 Å². The van der Waals surface area contributed by atoms with E-state index in [1.54, 1.807) is 7.11 Å². The van der Waals surface area contributed by atoms with E-state index in [1.807, 2.05) is 0 Å². The molecule has 0 radical (unpaired) electrons. The number of aryl methyl sites for hydroxylation is 1. The van der Waals surface area contributed by atoms with Crippen molar-refractivity contribution in [3.8, 4) is 0 Å². The molecular weight excluding hydrogens is 216 g/mol. The smallest absolute Gasteiger partial charge is 0.0700 e. The summed E-state index contributed by atoms with van der Waals surface area (Å²) in [6, 6.07) is 4.26. The molecule has 0 amide bonds. The van der Waals surface area contributed by atoms with Crippen LogP contribution >= 0.6 is 0 Å². The molecule has 0 fully saturated rings. The summed E-state index contributed by atoms with van der Waals surface area (Å²) in [6.07, 6.45) is 3.30. The molecule has 1 aromatic heterocycles. The van der Waals surface area contributed by atoms with Crippen LogP contribution in [-0.2, 0) is 22.6 Å². The van der Waals surface area contributed by atoms with Crippen LogP contribution in [0.5, 0.6) is 0 Å². The minimum absolute atomic E-state index is 0.666. The Morgan fingerprint density at radius 3 is 2.94 bits per heavy atom. The van der Waals surface area contributed by atoms with E-state index in [-0.39, 0.29) is 0 Å². The third-order valence-electron chi connectivity index (χ3n) is 2.55. The minimum atomic E-state index is 0.666. The van der Waals surface area contributed by atoms with Crippen LogP contribution in [0.15, 0.2) is 18.3 Å². The summed E-state index contributed by atoms with van der Waals surface area (Å²) in [4.78, 5) is 0. The van der Waals surface area contributed by atoms with E-state index in [0.717, 1.165) is 26.2 Å². The van der Waals surface area contributed by atoms with Crippen LogP contribution in [0.2, 0.25) is 0 Å². The van der Waals surface area contributed by atoms with E-state index in [9.17, 15) is 0 Å². The highest BCUT2D eigenvalue weighted by Crippen LogP contribution is 2.02. The normalized spacial score (nSPS) is 10.9. The Morgan fingerprint density at radius 1 is 1.29 bits per heavy atom. The summed E-state index contributed by atoms with van der Waals surface area (Å²) in [5.74, 6) is 0. The fourth-order valence-electron chi connectivity index (χ4n) is 1.67.